The van der Waals surface area contributed by atoms with Crippen LogP contribution >= 0.6 is 11.6 Å². The fraction of sp³-hybridized carbons (Fsp3) is 0.152. The highest BCUT2D eigenvalue weighted by Crippen LogP contribution is 2.16. The minimum Gasteiger partial charge on any atom is -0.323 e. The highest BCUT2D eigenvalue weighted by molar-refractivity contribution is 6.32. The maximum absolute atomic E-state index is 12.7. The zero-order valence-corrected chi connectivity index (χ0v) is 23.9. The summed E-state index contributed by atoms with van der Waals surface area (Å²) in [6, 6.07) is 24.2. The third-order valence-corrected chi connectivity index (χ3v) is 6.75. The number of rotatable bonds is 8. The lowest BCUT2D eigenvalue weighted by Crippen LogP contribution is -2.40. The number of aryl methyl sites for hydroxylation is 2. The molecule has 1 aromatic heterocycles. The standard InChI is InChI=1S/C33H29ClN4O4/c1-23-10-12-26(13-11-23)17-21-29(40)36-30-31(34)38(33(42)37(2)32(30)41)22-6-9-25-14-18-27(19-15-25)35-28(39)20-16-24-7-4-3-5-8-24/h3-5,7-8,10-16,18-20H,17,21-22H2,1-2H3,(H,35,39)(H,36,40). The Hall–Kier alpha value is -5.13. The molecule has 2 amide bonds. The average Bonchev–Trinajstić information content (AvgIpc) is 3.00. The van der Waals surface area contributed by atoms with E-state index in [1.54, 1.807) is 30.3 Å². The predicted octanol–water partition coefficient (Wildman–Crippen LogP) is 4.78. The molecule has 0 atom stereocenters. The molecule has 1 heterocycles. The molecule has 2 N–H and O–H groups in total. The van der Waals surface area contributed by atoms with E-state index in [4.69, 9.17) is 11.6 Å². The number of halogens is 1. The molecular formula is C33H29ClN4O4. The normalized spacial score (nSPS) is 10.6. The fourth-order valence-corrected chi connectivity index (χ4v) is 4.24. The van der Waals surface area contributed by atoms with Gasteiger partial charge in [-0.1, -0.05) is 83.6 Å². The average molecular weight is 581 g/mol. The van der Waals surface area contributed by atoms with Crippen molar-refractivity contribution in [3.8, 4) is 11.8 Å². The molecule has 212 valence electrons. The number of benzene rings is 3. The first-order valence-electron chi connectivity index (χ1n) is 13.2. The first kappa shape index (κ1) is 29.8. The van der Waals surface area contributed by atoms with E-state index in [9.17, 15) is 19.2 Å². The Balaban J connectivity index is 1.40. The minimum absolute atomic E-state index is 0.110. The quantitative estimate of drug-likeness (QED) is 0.178. The van der Waals surface area contributed by atoms with Gasteiger partial charge in [0.1, 0.15) is 10.8 Å². The van der Waals surface area contributed by atoms with Crippen LogP contribution in [0.25, 0.3) is 6.08 Å². The van der Waals surface area contributed by atoms with Gasteiger partial charge in [0.2, 0.25) is 11.8 Å². The summed E-state index contributed by atoms with van der Waals surface area (Å²) in [5.74, 6) is 5.16. The number of anilines is 2. The number of carbonyl (C=O) groups excluding carboxylic acids is 2. The Labute approximate surface area is 248 Å². The summed E-state index contributed by atoms with van der Waals surface area (Å²) in [5.41, 5.74) is 2.75. The molecule has 3 aromatic carbocycles. The van der Waals surface area contributed by atoms with Gasteiger partial charge in [0.25, 0.3) is 5.56 Å². The molecule has 0 bridgehead atoms. The van der Waals surface area contributed by atoms with Crippen molar-refractivity contribution >= 4 is 40.9 Å². The number of nitrogens with one attached hydrogen (secondary N) is 2. The number of nitrogens with zero attached hydrogens (tertiary/aromatic N) is 2. The summed E-state index contributed by atoms with van der Waals surface area (Å²) in [6.45, 7) is 1.87. The van der Waals surface area contributed by atoms with E-state index < -0.39 is 17.2 Å². The smallest absolute Gasteiger partial charge is 0.323 e. The summed E-state index contributed by atoms with van der Waals surface area (Å²) in [5, 5.41) is 5.16. The van der Waals surface area contributed by atoms with Gasteiger partial charge in [-0.25, -0.2) is 4.79 Å². The molecule has 0 radical (unpaired) electrons. The number of hydrogen-bond acceptors (Lipinski definition) is 4. The fourth-order valence-electron chi connectivity index (χ4n) is 3.98. The SMILES string of the molecule is Cc1ccc(CCC(=O)Nc2c(Cl)n(CC#Cc3ccc(NC(=O)C=Cc4ccccc4)cc3)c(=O)n(C)c2=O)cc1. The van der Waals surface area contributed by atoms with Crippen molar-refractivity contribution in [1.29, 1.82) is 0 Å². The molecule has 0 spiro atoms. The van der Waals surface area contributed by atoms with E-state index in [2.05, 4.69) is 22.5 Å². The van der Waals surface area contributed by atoms with Gasteiger partial charge in [0, 0.05) is 30.8 Å². The lowest BCUT2D eigenvalue weighted by molar-refractivity contribution is -0.116. The third-order valence-electron chi connectivity index (χ3n) is 6.35. The summed E-state index contributed by atoms with van der Waals surface area (Å²) in [7, 11) is 1.31. The minimum atomic E-state index is -0.700. The van der Waals surface area contributed by atoms with Crippen LogP contribution in [0.15, 0.2) is 94.5 Å². The Morgan fingerprint density at radius 3 is 2.31 bits per heavy atom. The van der Waals surface area contributed by atoms with E-state index in [-0.39, 0.29) is 29.7 Å². The van der Waals surface area contributed by atoms with Gasteiger partial charge in [0.05, 0.1) is 6.54 Å². The van der Waals surface area contributed by atoms with Crippen molar-refractivity contribution in [2.75, 3.05) is 10.6 Å². The van der Waals surface area contributed by atoms with E-state index in [1.807, 2.05) is 61.5 Å². The molecule has 0 fully saturated rings. The highest BCUT2D eigenvalue weighted by Gasteiger charge is 2.17. The molecule has 0 saturated carbocycles. The molecule has 42 heavy (non-hydrogen) atoms. The van der Waals surface area contributed by atoms with Crippen molar-refractivity contribution in [2.24, 2.45) is 7.05 Å². The molecule has 0 aliphatic rings. The summed E-state index contributed by atoms with van der Waals surface area (Å²) in [6.07, 6.45) is 3.81. The number of hydrogen-bond donors (Lipinski definition) is 2. The Kier molecular flexibility index (Phi) is 9.93. The van der Waals surface area contributed by atoms with Gasteiger partial charge in [-0.3, -0.25) is 23.5 Å². The first-order valence-corrected chi connectivity index (χ1v) is 13.6. The third kappa shape index (κ3) is 7.96. The van der Waals surface area contributed by atoms with E-state index >= 15 is 0 Å². The van der Waals surface area contributed by atoms with Crippen LogP contribution in [-0.2, 0) is 29.6 Å². The second-order valence-corrected chi connectivity index (χ2v) is 9.90. The van der Waals surface area contributed by atoms with Gasteiger partial charge >= 0.3 is 5.69 Å². The summed E-state index contributed by atoms with van der Waals surface area (Å²) >= 11 is 6.41. The Morgan fingerprint density at radius 2 is 1.62 bits per heavy atom. The van der Waals surface area contributed by atoms with Crippen molar-refractivity contribution in [3.63, 3.8) is 0 Å². The lowest BCUT2D eigenvalue weighted by Gasteiger charge is -2.13. The zero-order chi connectivity index (χ0) is 30.1. The van der Waals surface area contributed by atoms with E-state index in [0.29, 0.717) is 17.7 Å². The predicted molar refractivity (Wildman–Crippen MR) is 167 cm³/mol. The maximum atomic E-state index is 12.7. The second kappa shape index (κ2) is 14.0. The monoisotopic (exact) mass is 580 g/mol. The van der Waals surface area contributed by atoms with Gasteiger partial charge in [-0.15, -0.1) is 0 Å². The first-order chi connectivity index (χ1) is 20.2. The lowest BCUT2D eigenvalue weighted by atomic mass is 10.1. The maximum Gasteiger partial charge on any atom is 0.332 e. The zero-order valence-electron chi connectivity index (χ0n) is 23.2. The van der Waals surface area contributed by atoms with E-state index in [0.717, 1.165) is 25.8 Å². The van der Waals surface area contributed by atoms with Crippen LogP contribution in [0.5, 0.6) is 0 Å². The van der Waals surface area contributed by atoms with Crippen molar-refractivity contribution in [3.05, 3.63) is 133 Å². The second-order valence-electron chi connectivity index (χ2n) is 9.54. The van der Waals surface area contributed by atoms with Crippen LogP contribution in [0, 0.1) is 18.8 Å². The van der Waals surface area contributed by atoms with Crippen LogP contribution in [0.4, 0.5) is 11.4 Å². The molecular weight excluding hydrogens is 552 g/mol. The van der Waals surface area contributed by atoms with E-state index in [1.165, 1.54) is 13.1 Å². The molecule has 0 aliphatic carbocycles. The topological polar surface area (TPSA) is 102 Å². The molecule has 0 unspecified atom stereocenters. The van der Waals surface area contributed by atoms with Gasteiger partial charge in [0.15, 0.2) is 0 Å². The number of aromatic nitrogens is 2. The van der Waals surface area contributed by atoms with Gasteiger partial charge < -0.3 is 10.6 Å². The Morgan fingerprint density at radius 1 is 0.929 bits per heavy atom. The molecule has 0 aliphatic heterocycles. The molecule has 0 saturated heterocycles. The summed E-state index contributed by atoms with van der Waals surface area (Å²) in [4.78, 5) is 50.2. The number of carbonyl (C=O) groups is 2. The van der Waals surface area contributed by atoms with Crippen LogP contribution in [0.2, 0.25) is 5.15 Å². The molecule has 9 heteroatoms. The van der Waals surface area contributed by atoms with Crippen molar-refractivity contribution in [2.45, 2.75) is 26.3 Å². The highest BCUT2D eigenvalue weighted by atomic mass is 35.5. The molecule has 8 nitrogen and oxygen atoms in total. The van der Waals surface area contributed by atoms with Crippen LogP contribution in [0.1, 0.15) is 28.7 Å². The molecule has 4 rings (SSSR count). The number of amides is 2. The van der Waals surface area contributed by atoms with Crippen LogP contribution < -0.4 is 21.9 Å². The largest absolute Gasteiger partial charge is 0.332 e. The Bertz CT molecular complexity index is 1790. The van der Waals surface area contributed by atoms with Gasteiger partial charge in [-0.05, 0) is 54.8 Å². The molecule has 4 aromatic rings. The van der Waals surface area contributed by atoms with Crippen LogP contribution in [-0.4, -0.2) is 20.9 Å². The van der Waals surface area contributed by atoms with Crippen molar-refractivity contribution < 1.29 is 9.59 Å². The van der Waals surface area contributed by atoms with Crippen molar-refractivity contribution in [1.82, 2.24) is 9.13 Å². The van der Waals surface area contributed by atoms with Gasteiger partial charge in [-0.2, -0.15) is 0 Å². The van der Waals surface area contributed by atoms with Crippen LogP contribution in [0.3, 0.4) is 0 Å². The summed E-state index contributed by atoms with van der Waals surface area (Å²) < 4.78 is 2.01.